The molecule has 2 aromatic rings. The van der Waals surface area contributed by atoms with E-state index in [2.05, 4.69) is 48.4 Å². The van der Waals surface area contributed by atoms with Crippen LogP contribution in [0.15, 0.2) is 43.0 Å². The first-order valence-corrected chi connectivity index (χ1v) is 7.61. The van der Waals surface area contributed by atoms with E-state index < -0.39 is 0 Å². The largest absolute Gasteiger partial charge is 0.381 e. The lowest BCUT2D eigenvalue weighted by Crippen LogP contribution is -2.17. The molecule has 1 N–H and O–H groups in total. The molecule has 0 aliphatic rings. The van der Waals surface area contributed by atoms with Gasteiger partial charge in [0.1, 0.15) is 0 Å². The Balaban J connectivity index is 1.63. The molecule has 4 heteroatoms. The van der Waals surface area contributed by atoms with E-state index in [0.717, 1.165) is 38.4 Å². The number of nitrogens with one attached hydrogen (secondary N) is 1. The fourth-order valence-electron chi connectivity index (χ4n) is 2.05. The van der Waals surface area contributed by atoms with Gasteiger partial charge >= 0.3 is 0 Å². The molecule has 114 valence electrons. The third-order valence-corrected chi connectivity index (χ3v) is 3.16. The van der Waals surface area contributed by atoms with Crippen molar-refractivity contribution in [3.63, 3.8) is 0 Å². The Morgan fingerprint density at radius 2 is 2.05 bits per heavy atom. The molecule has 0 radical (unpaired) electrons. The summed E-state index contributed by atoms with van der Waals surface area (Å²) >= 11 is 0. The zero-order chi connectivity index (χ0) is 14.9. The molecule has 2 rings (SSSR count). The van der Waals surface area contributed by atoms with Gasteiger partial charge in [0.15, 0.2) is 0 Å². The third kappa shape index (κ3) is 5.69. The van der Waals surface area contributed by atoms with Gasteiger partial charge in [-0.05, 0) is 36.6 Å². The molecule has 4 nitrogen and oxygen atoms in total. The molecule has 0 bridgehead atoms. The molecule has 0 saturated heterocycles. The van der Waals surface area contributed by atoms with Gasteiger partial charge in [0, 0.05) is 37.8 Å². The number of hydrogen-bond acceptors (Lipinski definition) is 3. The average Bonchev–Trinajstić information content (AvgIpc) is 3.01. The molecule has 0 unspecified atom stereocenters. The molecule has 0 aliphatic carbocycles. The Labute approximate surface area is 127 Å². The van der Waals surface area contributed by atoms with Crippen LogP contribution in [0, 0.1) is 5.92 Å². The lowest BCUT2D eigenvalue weighted by molar-refractivity contribution is 0.108. The minimum absolute atomic E-state index is 0.618. The maximum absolute atomic E-state index is 5.56. The van der Waals surface area contributed by atoms with Crippen LogP contribution >= 0.6 is 0 Å². The molecule has 1 aromatic heterocycles. The van der Waals surface area contributed by atoms with Crippen molar-refractivity contribution in [1.29, 1.82) is 0 Å². The summed E-state index contributed by atoms with van der Waals surface area (Å²) in [5, 5.41) is 3.44. The summed E-state index contributed by atoms with van der Waals surface area (Å²) in [4.78, 5) is 4.06. The van der Waals surface area contributed by atoms with Crippen molar-refractivity contribution in [3.05, 3.63) is 48.5 Å². The van der Waals surface area contributed by atoms with Crippen LogP contribution < -0.4 is 5.32 Å². The smallest absolute Gasteiger partial charge is 0.0991 e. The number of hydrogen-bond donors (Lipinski definition) is 1. The summed E-state index contributed by atoms with van der Waals surface area (Å²) in [6.07, 6.45) is 6.60. The zero-order valence-corrected chi connectivity index (χ0v) is 13.0. The zero-order valence-electron chi connectivity index (χ0n) is 13.0. The van der Waals surface area contributed by atoms with Crippen molar-refractivity contribution in [2.75, 3.05) is 19.8 Å². The summed E-state index contributed by atoms with van der Waals surface area (Å²) in [6.45, 7) is 7.92. The molecule has 0 atom stereocenters. The highest BCUT2D eigenvalue weighted by Crippen LogP contribution is 2.09. The Morgan fingerprint density at radius 3 is 2.71 bits per heavy atom. The second-order valence-electron chi connectivity index (χ2n) is 5.64. The first-order chi connectivity index (χ1) is 10.3. The highest BCUT2D eigenvalue weighted by molar-refractivity contribution is 5.34. The Morgan fingerprint density at radius 1 is 1.24 bits per heavy atom. The summed E-state index contributed by atoms with van der Waals surface area (Å²) in [7, 11) is 0. The van der Waals surface area contributed by atoms with Crippen LogP contribution in [-0.2, 0) is 11.3 Å². The van der Waals surface area contributed by atoms with E-state index in [4.69, 9.17) is 4.74 Å². The number of rotatable bonds is 9. The normalized spacial score (nSPS) is 11.2. The molecule has 21 heavy (non-hydrogen) atoms. The molecule has 1 aromatic carbocycles. The maximum atomic E-state index is 5.56. The number of nitrogens with zero attached hydrogens (tertiary/aromatic N) is 2. The Hall–Kier alpha value is -1.65. The lowest BCUT2D eigenvalue weighted by Gasteiger charge is -2.08. The molecular formula is C17H25N3O. The van der Waals surface area contributed by atoms with Crippen molar-refractivity contribution < 1.29 is 4.74 Å². The predicted octanol–water partition coefficient (Wildman–Crippen LogP) is 3.02. The van der Waals surface area contributed by atoms with E-state index >= 15 is 0 Å². The minimum Gasteiger partial charge on any atom is -0.381 e. The Bertz CT molecular complexity index is 491. The fraction of sp³-hybridized carbons (Fsp3) is 0.471. The molecule has 0 spiro atoms. The molecule has 0 saturated carbocycles. The second kappa shape index (κ2) is 8.60. The molecule has 0 aliphatic heterocycles. The van der Waals surface area contributed by atoms with Crippen LogP contribution in [0.4, 0.5) is 0 Å². The third-order valence-electron chi connectivity index (χ3n) is 3.16. The molecule has 1 heterocycles. The van der Waals surface area contributed by atoms with E-state index in [-0.39, 0.29) is 0 Å². The van der Waals surface area contributed by atoms with E-state index in [1.54, 1.807) is 6.20 Å². The maximum Gasteiger partial charge on any atom is 0.0991 e. The highest BCUT2D eigenvalue weighted by Gasteiger charge is 1.97. The number of benzene rings is 1. The van der Waals surface area contributed by atoms with Gasteiger partial charge in [-0.25, -0.2) is 4.98 Å². The minimum atomic E-state index is 0.618. The van der Waals surface area contributed by atoms with E-state index in [1.165, 1.54) is 5.56 Å². The highest BCUT2D eigenvalue weighted by atomic mass is 16.5. The van der Waals surface area contributed by atoms with E-state index in [0.29, 0.717) is 5.92 Å². The fourth-order valence-corrected chi connectivity index (χ4v) is 2.05. The number of imidazole rings is 1. The molecule has 0 fully saturated rings. The first-order valence-electron chi connectivity index (χ1n) is 7.61. The first kappa shape index (κ1) is 15.7. The average molecular weight is 287 g/mol. The van der Waals surface area contributed by atoms with E-state index in [9.17, 15) is 0 Å². The van der Waals surface area contributed by atoms with Gasteiger partial charge < -0.3 is 14.6 Å². The van der Waals surface area contributed by atoms with Crippen LogP contribution in [-0.4, -0.2) is 29.3 Å². The van der Waals surface area contributed by atoms with Crippen molar-refractivity contribution >= 4 is 0 Å². The lowest BCUT2D eigenvalue weighted by atomic mass is 10.2. The van der Waals surface area contributed by atoms with Gasteiger partial charge in [0.05, 0.1) is 6.33 Å². The van der Waals surface area contributed by atoms with Gasteiger partial charge in [0.25, 0.3) is 0 Å². The predicted molar refractivity (Wildman–Crippen MR) is 85.5 cm³/mol. The standard InChI is InChI=1S/C17H25N3O/c1-15(2)13-21-11-3-8-18-12-16-4-6-17(7-5-16)20-10-9-19-14-20/h4-7,9-10,14-15,18H,3,8,11-13H2,1-2H3. The molecular weight excluding hydrogens is 262 g/mol. The second-order valence-corrected chi connectivity index (χ2v) is 5.64. The number of ether oxygens (including phenoxy) is 1. The molecule has 0 amide bonds. The summed E-state index contributed by atoms with van der Waals surface area (Å²) < 4.78 is 7.56. The van der Waals surface area contributed by atoms with Crippen LogP contribution in [0.5, 0.6) is 0 Å². The van der Waals surface area contributed by atoms with Crippen molar-refractivity contribution in [2.24, 2.45) is 5.92 Å². The van der Waals surface area contributed by atoms with Crippen LogP contribution in [0.2, 0.25) is 0 Å². The van der Waals surface area contributed by atoms with Crippen LogP contribution in [0.25, 0.3) is 5.69 Å². The van der Waals surface area contributed by atoms with Gasteiger partial charge in [0.2, 0.25) is 0 Å². The van der Waals surface area contributed by atoms with Crippen molar-refractivity contribution in [1.82, 2.24) is 14.9 Å². The SMILES string of the molecule is CC(C)COCCCNCc1ccc(-n2ccnc2)cc1. The Kier molecular flexibility index (Phi) is 6.44. The van der Waals surface area contributed by atoms with Crippen LogP contribution in [0.3, 0.4) is 0 Å². The van der Waals surface area contributed by atoms with Gasteiger partial charge in [-0.3, -0.25) is 0 Å². The number of aromatic nitrogens is 2. The summed E-state index contributed by atoms with van der Waals surface area (Å²) in [5.41, 5.74) is 2.43. The van der Waals surface area contributed by atoms with Crippen molar-refractivity contribution in [3.8, 4) is 5.69 Å². The topological polar surface area (TPSA) is 39.1 Å². The monoisotopic (exact) mass is 287 g/mol. The van der Waals surface area contributed by atoms with E-state index in [1.807, 2.05) is 17.1 Å². The summed E-state index contributed by atoms with van der Waals surface area (Å²) in [5.74, 6) is 0.618. The van der Waals surface area contributed by atoms with Crippen LogP contribution in [0.1, 0.15) is 25.8 Å². The van der Waals surface area contributed by atoms with Crippen molar-refractivity contribution in [2.45, 2.75) is 26.8 Å². The van der Waals surface area contributed by atoms with Gasteiger partial charge in [-0.2, -0.15) is 0 Å². The summed E-state index contributed by atoms with van der Waals surface area (Å²) in [6, 6.07) is 8.53. The quantitative estimate of drug-likeness (QED) is 0.721. The van der Waals surface area contributed by atoms with Gasteiger partial charge in [-0.15, -0.1) is 0 Å². The van der Waals surface area contributed by atoms with Gasteiger partial charge in [-0.1, -0.05) is 26.0 Å².